The van der Waals surface area contributed by atoms with E-state index in [4.69, 9.17) is 38.4 Å². The van der Waals surface area contributed by atoms with Crippen LogP contribution in [0.4, 0.5) is 11.5 Å². The van der Waals surface area contributed by atoms with E-state index in [2.05, 4.69) is 4.98 Å². The Bertz CT molecular complexity index is 1340. The van der Waals surface area contributed by atoms with E-state index in [-0.39, 0.29) is 35.4 Å². The number of nitrogens with one attached hydrogen (secondary N) is 1. The number of anilines is 2. The summed E-state index contributed by atoms with van der Waals surface area (Å²) < 4.78 is 11.4. The molecule has 0 unspecified atom stereocenters. The zero-order chi connectivity index (χ0) is 25.5. The van der Waals surface area contributed by atoms with Crippen molar-refractivity contribution in [2.24, 2.45) is 0 Å². The molecule has 0 bridgehead atoms. The highest BCUT2D eigenvalue weighted by molar-refractivity contribution is 6.35. The average Bonchev–Trinajstić information content (AvgIpc) is 2.83. The van der Waals surface area contributed by atoms with Crippen LogP contribution in [0.1, 0.15) is 12.5 Å². The average molecular weight is 521 g/mol. The Morgan fingerprint density at radius 2 is 1.80 bits per heavy atom. The van der Waals surface area contributed by atoms with Gasteiger partial charge in [-0.2, -0.15) is 0 Å². The number of ether oxygens (including phenoxy) is 2. The van der Waals surface area contributed by atoms with Gasteiger partial charge in [0, 0.05) is 11.6 Å². The number of aromatic nitrogens is 2. The molecule has 0 atom stereocenters. The number of likely N-dealkylation sites (N-methyl/N-ethyl adjacent to an activating group) is 1. The molecular formula is C23H22Cl2N4O6. The highest BCUT2D eigenvalue weighted by Crippen LogP contribution is 2.27. The molecular weight excluding hydrogens is 499 g/mol. The van der Waals surface area contributed by atoms with E-state index in [0.29, 0.717) is 5.02 Å². The first-order valence-corrected chi connectivity index (χ1v) is 11.2. The molecule has 2 aromatic carbocycles. The van der Waals surface area contributed by atoms with E-state index in [1.54, 1.807) is 31.2 Å². The standard InChI is InChI=1S/C23H22Cl2N4O6/c1-2-28(18(30)12-35-19(31)13-34-17-9-8-15(24)10-16(17)25)20-21(26)29(23(33)27-22(20)32)11-14-6-4-3-5-7-14/h3-10H,2,11-13,26H2,1H3,(H,27,32,33). The highest BCUT2D eigenvalue weighted by Gasteiger charge is 2.24. The molecule has 0 radical (unpaired) electrons. The van der Waals surface area contributed by atoms with Gasteiger partial charge in [-0.3, -0.25) is 19.1 Å². The van der Waals surface area contributed by atoms with Crippen LogP contribution >= 0.6 is 23.2 Å². The van der Waals surface area contributed by atoms with Crippen LogP contribution in [0.5, 0.6) is 5.75 Å². The van der Waals surface area contributed by atoms with Crippen molar-refractivity contribution in [1.29, 1.82) is 0 Å². The number of esters is 1. The lowest BCUT2D eigenvalue weighted by Gasteiger charge is -2.23. The zero-order valence-corrected chi connectivity index (χ0v) is 20.1. The number of aromatic amines is 1. The molecule has 184 valence electrons. The second-order valence-corrected chi connectivity index (χ2v) is 8.07. The Hall–Kier alpha value is -3.76. The smallest absolute Gasteiger partial charge is 0.344 e. The van der Waals surface area contributed by atoms with Crippen molar-refractivity contribution in [2.75, 3.05) is 30.4 Å². The lowest BCUT2D eigenvalue weighted by atomic mass is 10.2. The van der Waals surface area contributed by atoms with Gasteiger partial charge >= 0.3 is 11.7 Å². The Morgan fingerprint density at radius 3 is 2.46 bits per heavy atom. The molecule has 0 saturated heterocycles. The van der Waals surface area contributed by atoms with Gasteiger partial charge in [0.2, 0.25) is 0 Å². The summed E-state index contributed by atoms with van der Waals surface area (Å²) in [7, 11) is 0. The maximum Gasteiger partial charge on any atom is 0.344 e. The summed E-state index contributed by atoms with van der Waals surface area (Å²) in [6.07, 6.45) is 0. The first kappa shape index (κ1) is 25.9. The Morgan fingerprint density at radius 1 is 1.09 bits per heavy atom. The minimum Gasteiger partial charge on any atom is -0.480 e. The maximum atomic E-state index is 12.8. The molecule has 1 heterocycles. The van der Waals surface area contributed by atoms with Crippen LogP contribution in [0.3, 0.4) is 0 Å². The van der Waals surface area contributed by atoms with Crippen LogP contribution in [0.25, 0.3) is 0 Å². The summed E-state index contributed by atoms with van der Waals surface area (Å²) in [5, 5.41) is 0.610. The number of nitrogen functional groups attached to an aromatic ring is 1. The van der Waals surface area contributed by atoms with Crippen molar-refractivity contribution in [3.63, 3.8) is 0 Å². The SMILES string of the molecule is CCN(C(=O)COC(=O)COc1ccc(Cl)cc1Cl)c1c(N)n(Cc2ccccc2)c(=O)[nH]c1=O. The number of rotatable bonds is 9. The summed E-state index contributed by atoms with van der Waals surface area (Å²) >= 11 is 11.8. The molecule has 35 heavy (non-hydrogen) atoms. The quantitative estimate of drug-likeness (QED) is 0.413. The summed E-state index contributed by atoms with van der Waals surface area (Å²) in [6, 6.07) is 13.5. The Labute approximate surface area is 209 Å². The van der Waals surface area contributed by atoms with Gasteiger partial charge in [0.05, 0.1) is 11.6 Å². The highest BCUT2D eigenvalue weighted by atomic mass is 35.5. The van der Waals surface area contributed by atoms with E-state index in [0.717, 1.165) is 15.0 Å². The molecule has 1 amide bonds. The van der Waals surface area contributed by atoms with Crippen LogP contribution in [-0.4, -0.2) is 41.2 Å². The lowest BCUT2D eigenvalue weighted by molar-refractivity contribution is -0.149. The van der Waals surface area contributed by atoms with Crippen LogP contribution in [0.15, 0.2) is 58.1 Å². The molecule has 0 aliphatic carbocycles. The van der Waals surface area contributed by atoms with E-state index < -0.39 is 36.3 Å². The van der Waals surface area contributed by atoms with Crippen molar-refractivity contribution in [3.8, 4) is 5.75 Å². The fraction of sp³-hybridized carbons (Fsp3) is 0.217. The third-order valence-electron chi connectivity index (χ3n) is 4.88. The predicted molar refractivity (Wildman–Crippen MR) is 132 cm³/mol. The van der Waals surface area contributed by atoms with Crippen LogP contribution in [0, 0.1) is 0 Å². The number of carbonyl (C=O) groups excluding carboxylic acids is 2. The maximum absolute atomic E-state index is 12.8. The normalized spacial score (nSPS) is 10.6. The number of carbonyl (C=O) groups is 2. The minimum absolute atomic E-state index is 0.0318. The topological polar surface area (TPSA) is 137 Å². The van der Waals surface area contributed by atoms with Gasteiger partial charge in [-0.25, -0.2) is 9.59 Å². The molecule has 12 heteroatoms. The first-order chi connectivity index (χ1) is 16.7. The van der Waals surface area contributed by atoms with Crippen molar-refractivity contribution in [2.45, 2.75) is 13.5 Å². The van der Waals surface area contributed by atoms with Gasteiger partial charge in [0.1, 0.15) is 11.6 Å². The zero-order valence-electron chi connectivity index (χ0n) is 18.6. The molecule has 0 aliphatic rings. The molecule has 0 saturated carbocycles. The largest absolute Gasteiger partial charge is 0.480 e. The second kappa shape index (κ2) is 11.6. The molecule has 1 aromatic heterocycles. The third kappa shape index (κ3) is 6.43. The number of nitrogens with two attached hydrogens (primary N) is 1. The number of benzene rings is 2. The van der Waals surface area contributed by atoms with Gasteiger partial charge in [0.15, 0.2) is 18.9 Å². The van der Waals surface area contributed by atoms with Gasteiger partial charge < -0.3 is 20.1 Å². The van der Waals surface area contributed by atoms with E-state index in [9.17, 15) is 19.2 Å². The second-order valence-electron chi connectivity index (χ2n) is 7.23. The van der Waals surface area contributed by atoms with Gasteiger partial charge in [-0.1, -0.05) is 53.5 Å². The Balaban J connectivity index is 1.71. The monoisotopic (exact) mass is 520 g/mol. The molecule has 3 N–H and O–H groups in total. The fourth-order valence-corrected chi connectivity index (χ4v) is 3.67. The van der Waals surface area contributed by atoms with Crippen molar-refractivity contribution in [1.82, 2.24) is 9.55 Å². The number of amides is 1. The van der Waals surface area contributed by atoms with E-state index >= 15 is 0 Å². The van der Waals surface area contributed by atoms with Crippen molar-refractivity contribution in [3.05, 3.63) is 85.0 Å². The molecule has 0 spiro atoms. The number of halogens is 2. The molecule has 3 rings (SSSR count). The summed E-state index contributed by atoms with van der Waals surface area (Å²) in [6.45, 7) is 0.536. The number of nitrogens with zero attached hydrogens (tertiary/aromatic N) is 2. The molecule has 3 aromatic rings. The third-order valence-corrected chi connectivity index (χ3v) is 5.41. The van der Waals surface area contributed by atoms with E-state index in [1.807, 2.05) is 6.07 Å². The summed E-state index contributed by atoms with van der Waals surface area (Å²) in [5.74, 6) is -1.52. The van der Waals surface area contributed by atoms with E-state index in [1.165, 1.54) is 18.2 Å². The number of hydrogen-bond donors (Lipinski definition) is 2. The van der Waals surface area contributed by atoms with Gasteiger partial charge in [0.25, 0.3) is 11.5 Å². The van der Waals surface area contributed by atoms with Crippen LogP contribution < -0.4 is 26.6 Å². The Kier molecular flexibility index (Phi) is 8.56. The van der Waals surface area contributed by atoms with Gasteiger partial charge in [-0.05, 0) is 30.7 Å². The molecule has 0 fully saturated rings. The first-order valence-electron chi connectivity index (χ1n) is 10.4. The number of H-pyrrole nitrogens is 1. The minimum atomic E-state index is -0.837. The molecule has 10 nitrogen and oxygen atoms in total. The summed E-state index contributed by atoms with van der Waals surface area (Å²) in [4.78, 5) is 53.0. The predicted octanol–water partition coefficient (Wildman–Crippen LogP) is 2.45. The lowest BCUT2D eigenvalue weighted by Crippen LogP contribution is -2.42. The molecule has 0 aliphatic heterocycles. The van der Waals surface area contributed by atoms with Crippen LogP contribution in [-0.2, 0) is 20.9 Å². The van der Waals surface area contributed by atoms with Crippen molar-refractivity contribution < 1.29 is 19.1 Å². The van der Waals surface area contributed by atoms with Crippen LogP contribution in [0.2, 0.25) is 10.0 Å². The fourth-order valence-electron chi connectivity index (χ4n) is 3.21. The van der Waals surface area contributed by atoms with Gasteiger partial charge in [-0.15, -0.1) is 0 Å². The van der Waals surface area contributed by atoms with Crippen molar-refractivity contribution >= 4 is 46.6 Å². The number of hydrogen-bond acceptors (Lipinski definition) is 7. The summed E-state index contributed by atoms with van der Waals surface area (Å²) in [5.41, 5.74) is 5.14.